The Morgan fingerprint density at radius 1 is 1.21 bits per heavy atom. The summed E-state index contributed by atoms with van der Waals surface area (Å²) < 4.78 is 5.60. The van der Waals surface area contributed by atoms with Crippen molar-refractivity contribution in [3.05, 3.63) is 53.0 Å². The fourth-order valence-electron chi connectivity index (χ4n) is 3.49. The number of aromatic nitrogens is 2. The minimum absolute atomic E-state index is 0.0132. The van der Waals surface area contributed by atoms with E-state index in [0.717, 1.165) is 30.4 Å². The standard InChI is InChI=1S/C21H23N5O2/c1-12(13(2)22)16-17-18(28-19(16)23)20(26-11-25-17)24-10-14-4-6-15(7-5-14)21(27)8-3-9-21/h4-7,11,22-23,27H,3,8-10H2,1-2H3,(H,24,25,26)/b16-12-,22-13?,23-19?. The Bertz CT molecular complexity index is 990. The van der Waals surface area contributed by atoms with Crippen LogP contribution < -0.4 is 10.1 Å². The van der Waals surface area contributed by atoms with E-state index in [9.17, 15) is 5.11 Å². The zero-order valence-corrected chi connectivity index (χ0v) is 16.0. The monoisotopic (exact) mass is 377 g/mol. The topological polar surface area (TPSA) is 115 Å². The normalized spacial score (nSPS) is 18.8. The van der Waals surface area contributed by atoms with Gasteiger partial charge in [-0.25, -0.2) is 9.97 Å². The molecule has 1 aromatic carbocycles. The van der Waals surface area contributed by atoms with Crippen LogP contribution >= 0.6 is 0 Å². The van der Waals surface area contributed by atoms with Gasteiger partial charge in [0.05, 0.1) is 11.2 Å². The second-order valence-corrected chi connectivity index (χ2v) is 7.39. The van der Waals surface area contributed by atoms with E-state index in [4.69, 9.17) is 15.6 Å². The van der Waals surface area contributed by atoms with Gasteiger partial charge in [-0.2, -0.15) is 0 Å². The maximum absolute atomic E-state index is 10.4. The molecule has 4 N–H and O–H groups in total. The molecule has 0 radical (unpaired) electrons. The third-order valence-corrected chi connectivity index (χ3v) is 5.54. The molecule has 2 aliphatic rings. The van der Waals surface area contributed by atoms with Crippen LogP contribution in [-0.4, -0.2) is 26.7 Å². The van der Waals surface area contributed by atoms with Crippen LogP contribution in [0.15, 0.2) is 36.2 Å². The Hall–Kier alpha value is -3.06. The maximum Gasteiger partial charge on any atom is 0.222 e. The molecule has 2 aromatic rings. The average molecular weight is 377 g/mol. The van der Waals surface area contributed by atoms with Gasteiger partial charge in [0.2, 0.25) is 5.90 Å². The van der Waals surface area contributed by atoms with E-state index in [2.05, 4.69) is 15.3 Å². The van der Waals surface area contributed by atoms with E-state index >= 15 is 0 Å². The lowest BCUT2D eigenvalue weighted by Crippen LogP contribution is -2.33. The number of aliphatic hydroxyl groups is 1. The SMILES string of the molecule is CC(=N)/C(C)=C1\C(=N)Oc2c(NCc3ccc(C4(O)CCC4)cc3)ncnc21. The first-order chi connectivity index (χ1) is 13.4. The van der Waals surface area contributed by atoms with E-state index < -0.39 is 5.60 Å². The van der Waals surface area contributed by atoms with Crippen molar-refractivity contribution in [2.24, 2.45) is 0 Å². The van der Waals surface area contributed by atoms with E-state index in [1.54, 1.807) is 13.8 Å². The predicted octanol–water partition coefficient (Wildman–Crippen LogP) is 3.64. The highest BCUT2D eigenvalue weighted by Crippen LogP contribution is 2.41. The molecule has 0 amide bonds. The molecule has 0 spiro atoms. The second kappa shape index (κ2) is 6.83. The number of ether oxygens (including phenoxy) is 1. The van der Waals surface area contributed by atoms with Crippen molar-refractivity contribution in [2.45, 2.75) is 45.3 Å². The molecule has 1 fully saturated rings. The predicted molar refractivity (Wildman–Crippen MR) is 108 cm³/mol. The van der Waals surface area contributed by atoms with E-state index in [1.165, 1.54) is 6.33 Å². The molecule has 4 rings (SSSR count). The lowest BCUT2D eigenvalue weighted by molar-refractivity contribution is -0.0388. The van der Waals surface area contributed by atoms with Gasteiger partial charge in [0.1, 0.15) is 12.0 Å². The Morgan fingerprint density at radius 3 is 2.54 bits per heavy atom. The molecule has 7 heteroatoms. The Balaban J connectivity index is 1.54. The van der Waals surface area contributed by atoms with Crippen LogP contribution in [0.25, 0.3) is 5.57 Å². The second-order valence-electron chi connectivity index (χ2n) is 7.39. The number of hydrogen-bond acceptors (Lipinski definition) is 7. The van der Waals surface area contributed by atoms with E-state index in [0.29, 0.717) is 40.7 Å². The number of nitrogens with zero attached hydrogens (tertiary/aromatic N) is 2. The minimum atomic E-state index is -0.652. The number of rotatable bonds is 5. The van der Waals surface area contributed by atoms with Crippen molar-refractivity contribution in [3.8, 4) is 5.75 Å². The number of fused-ring (bicyclic) bond motifs is 1. The first-order valence-corrected chi connectivity index (χ1v) is 9.33. The fourth-order valence-corrected chi connectivity index (χ4v) is 3.49. The highest BCUT2D eigenvalue weighted by molar-refractivity contribution is 6.28. The summed E-state index contributed by atoms with van der Waals surface area (Å²) in [4.78, 5) is 8.52. The van der Waals surface area contributed by atoms with E-state index in [1.807, 2.05) is 24.3 Å². The Kier molecular flexibility index (Phi) is 4.47. The van der Waals surface area contributed by atoms with Gasteiger partial charge >= 0.3 is 0 Å². The molecular formula is C21H23N5O2. The molecule has 1 aliphatic heterocycles. The molecule has 0 atom stereocenters. The third kappa shape index (κ3) is 3.07. The van der Waals surface area contributed by atoms with Gasteiger partial charge in [-0.15, -0.1) is 0 Å². The summed E-state index contributed by atoms with van der Waals surface area (Å²) in [6.45, 7) is 4.00. The molecule has 1 aromatic heterocycles. The molecule has 2 heterocycles. The molecule has 1 aliphatic carbocycles. The van der Waals surface area contributed by atoms with Gasteiger partial charge in [-0.3, -0.25) is 5.41 Å². The quantitative estimate of drug-likeness (QED) is 0.594. The summed E-state index contributed by atoms with van der Waals surface area (Å²) in [5.41, 5.74) is 3.47. The molecule has 0 bridgehead atoms. The summed E-state index contributed by atoms with van der Waals surface area (Å²) in [7, 11) is 0. The van der Waals surface area contributed by atoms with Gasteiger partial charge < -0.3 is 20.6 Å². The molecule has 7 nitrogen and oxygen atoms in total. The van der Waals surface area contributed by atoms with Crippen molar-refractivity contribution >= 4 is 23.0 Å². The molecule has 1 saturated carbocycles. The number of anilines is 1. The summed E-state index contributed by atoms with van der Waals surface area (Å²) in [5.74, 6) is 0.922. The number of hydrogen-bond donors (Lipinski definition) is 4. The lowest BCUT2D eigenvalue weighted by Gasteiger charge is -2.37. The van der Waals surface area contributed by atoms with Gasteiger partial charge in [-0.05, 0) is 49.8 Å². The Morgan fingerprint density at radius 2 is 1.93 bits per heavy atom. The van der Waals surface area contributed by atoms with Gasteiger partial charge in [0, 0.05) is 12.3 Å². The average Bonchev–Trinajstić information content (AvgIpc) is 3.00. The van der Waals surface area contributed by atoms with Gasteiger partial charge in [0.15, 0.2) is 11.6 Å². The zero-order valence-electron chi connectivity index (χ0n) is 16.0. The molecule has 144 valence electrons. The van der Waals surface area contributed by atoms with Crippen molar-refractivity contribution in [3.63, 3.8) is 0 Å². The number of allylic oxidation sites excluding steroid dienone is 1. The smallest absolute Gasteiger partial charge is 0.222 e. The van der Waals surface area contributed by atoms with Crippen molar-refractivity contribution in [1.29, 1.82) is 10.8 Å². The molecule has 0 saturated heterocycles. The van der Waals surface area contributed by atoms with Crippen LogP contribution in [0.2, 0.25) is 0 Å². The third-order valence-electron chi connectivity index (χ3n) is 5.54. The highest BCUT2D eigenvalue weighted by Gasteiger charge is 2.36. The van der Waals surface area contributed by atoms with Crippen LogP contribution in [0.5, 0.6) is 5.75 Å². The number of benzene rings is 1. The molecule has 0 unspecified atom stereocenters. The largest absolute Gasteiger partial charge is 0.433 e. The van der Waals surface area contributed by atoms with Crippen LogP contribution in [0.4, 0.5) is 5.82 Å². The number of nitrogens with one attached hydrogen (secondary N) is 3. The van der Waals surface area contributed by atoms with E-state index in [-0.39, 0.29) is 5.90 Å². The van der Waals surface area contributed by atoms with Crippen LogP contribution in [0.3, 0.4) is 0 Å². The van der Waals surface area contributed by atoms with Crippen LogP contribution in [-0.2, 0) is 12.1 Å². The van der Waals surface area contributed by atoms with Crippen molar-refractivity contribution in [1.82, 2.24) is 9.97 Å². The molecule has 28 heavy (non-hydrogen) atoms. The van der Waals surface area contributed by atoms with Crippen LogP contribution in [0.1, 0.15) is 49.9 Å². The zero-order chi connectivity index (χ0) is 19.9. The molecular weight excluding hydrogens is 354 g/mol. The highest BCUT2D eigenvalue weighted by atomic mass is 16.5. The summed E-state index contributed by atoms with van der Waals surface area (Å²) in [6, 6.07) is 7.95. The summed E-state index contributed by atoms with van der Waals surface area (Å²) in [6.07, 6.45) is 4.16. The van der Waals surface area contributed by atoms with Gasteiger partial charge in [-0.1, -0.05) is 24.3 Å². The summed E-state index contributed by atoms with van der Waals surface area (Å²) in [5, 5.41) is 29.6. The minimum Gasteiger partial charge on any atom is -0.433 e. The van der Waals surface area contributed by atoms with Crippen molar-refractivity contribution < 1.29 is 9.84 Å². The van der Waals surface area contributed by atoms with Crippen LogP contribution in [0, 0.1) is 10.8 Å². The van der Waals surface area contributed by atoms with Crippen molar-refractivity contribution in [2.75, 3.05) is 5.32 Å². The lowest BCUT2D eigenvalue weighted by atomic mass is 9.75. The Labute approximate surface area is 163 Å². The summed E-state index contributed by atoms with van der Waals surface area (Å²) >= 11 is 0. The van der Waals surface area contributed by atoms with Gasteiger partial charge in [0.25, 0.3) is 0 Å². The first-order valence-electron chi connectivity index (χ1n) is 9.33. The fraction of sp³-hybridized carbons (Fsp3) is 0.333. The maximum atomic E-state index is 10.4. The first kappa shape index (κ1) is 18.3.